The van der Waals surface area contributed by atoms with Crippen LogP contribution < -0.4 is 0 Å². The molecule has 0 spiro atoms. The monoisotopic (exact) mass is 417 g/mol. The second-order valence-corrected chi connectivity index (χ2v) is 7.90. The van der Waals surface area contributed by atoms with Gasteiger partial charge in [-0.2, -0.15) is 0 Å². The highest BCUT2D eigenvalue weighted by atomic mass is 16.5. The van der Waals surface area contributed by atoms with Crippen LogP contribution >= 0.6 is 0 Å². The number of phenolic OH excluding ortho intramolecular Hbond substituents is 1. The number of rotatable bonds is 4. The van der Waals surface area contributed by atoms with Crippen LogP contribution in [-0.2, 0) is 24.1 Å². The van der Waals surface area contributed by atoms with Gasteiger partial charge in [-0.05, 0) is 49.3 Å². The Morgan fingerprint density at radius 3 is 2.81 bits per heavy atom. The number of aromatic hydroxyl groups is 1. The van der Waals surface area contributed by atoms with Gasteiger partial charge in [-0.25, -0.2) is 9.48 Å². The van der Waals surface area contributed by atoms with Crippen LogP contribution in [-0.4, -0.2) is 32.2 Å². The summed E-state index contributed by atoms with van der Waals surface area (Å²) in [6.07, 6.45) is 10.6. The zero-order valence-electron chi connectivity index (χ0n) is 17.5. The standard InChI is InChI=1S/C25H27N3O3/c29-23-15-9-13-20-12-7-2-1-3-8-14-22(31-25(30)24(20)23)16-21-18-28(27-26-21)17-19-10-5-4-6-11-19/h2,4-7,9-11,13,15,18,22,29H,1,3,8,12,14,16-17H2/b7-2-/t22-/m1/s1. The van der Waals surface area contributed by atoms with Crippen molar-refractivity contribution in [1.29, 1.82) is 0 Å². The van der Waals surface area contributed by atoms with Crippen LogP contribution in [0.3, 0.4) is 0 Å². The predicted molar refractivity (Wildman–Crippen MR) is 118 cm³/mol. The van der Waals surface area contributed by atoms with Gasteiger partial charge in [0, 0.05) is 12.6 Å². The van der Waals surface area contributed by atoms with E-state index in [-0.39, 0.29) is 17.4 Å². The fourth-order valence-electron chi connectivity index (χ4n) is 3.88. The van der Waals surface area contributed by atoms with Gasteiger partial charge in [0.2, 0.25) is 0 Å². The number of allylic oxidation sites excluding steroid dienone is 2. The van der Waals surface area contributed by atoms with Gasteiger partial charge < -0.3 is 9.84 Å². The van der Waals surface area contributed by atoms with E-state index in [1.807, 2.05) is 42.6 Å². The molecule has 1 atom stereocenters. The summed E-state index contributed by atoms with van der Waals surface area (Å²) in [4.78, 5) is 12.9. The Bertz CT molecular complexity index is 1040. The molecule has 0 saturated carbocycles. The Kier molecular flexibility index (Phi) is 6.77. The third-order valence-corrected chi connectivity index (χ3v) is 5.47. The minimum Gasteiger partial charge on any atom is -0.507 e. The van der Waals surface area contributed by atoms with Gasteiger partial charge in [-0.3, -0.25) is 0 Å². The maximum absolute atomic E-state index is 12.9. The Morgan fingerprint density at radius 2 is 1.94 bits per heavy atom. The van der Waals surface area contributed by atoms with Gasteiger partial charge in [-0.1, -0.05) is 59.8 Å². The van der Waals surface area contributed by atoms with E-state index in [1.165, 1.54) is 6.07 Å². The number of hydrogen-bond acceptors (Lipinski definition) is 5. The van der Waals surface area contributed by atoms with Crippen molar-refractivity contribution in [2.75, 3.05) is 0 Å². The molecule has 0 unspecified atom stereocenters. The molecule has 160 valence electrons. The first-order chi connectivity index (χ1) is 15.2. The van der Waals surface area contributed by atoms with E-state index < -0.39 is 5.97 Å². The lowest BCUT2D eigenvalue weighted by Crippen LogP contribution is -2.22. The molecule has 4 rings (SSSR count). The number of aromatic nitrogens is 3. The topological polar surface area (TPSA) is 77.2 Å². The van der Waals surface area contributed by atoms with Crippen LogP contribution in [0.15, 0.2) is 66.9 Å². The molecule has 6 heteroatoms. The fraction of sp³-hybridized carbons (Fsp3) is 0.320. The minimum atomic E-state index is -0.483. The van der Waals surface area contributed by atoms with Gasteiger partial charge in [0.25, 0.3) is 0 Å². The van der Waals surface area contributed by atoms with E-state index >= 15 is 0 Å². The van der Waals surface area contributed by atoms with Crippen molar-refractivity contribution < 1.29 is 14.6 Å². The highest BCUT2D eigenvalue weighted by molar-refractivity contribution is 5.94. The molecule has 0 radical (unpaired) electrons. The van der Waals surface area contributed by atoms with Gasteiger partial charge in [0.1, 0.15) is 17.4 Å². The number of carbonyl (C=O) groups is 1. The van der Waals surface area contributed by atoms with Gasteiger partial charge >= 0.3 is 5.97 Å². The summed E-state index contributed by atoms with van der Waals surface area (Å²) in [5.74, 6) is -0.524. The molecule has 0 saturated heterocycles. The summed E-state index contributed by atoms with van der Waals surface area (Å²) < 4.78 is 7.66. The van der Waals surface area contributed by atoms with Crippen molar-refractivity contribution in [2.45, 2.75) is 51.2 Å². The zero-order chi connectivity index (χ0) is 21.5. The maximum atomic E-state index is 12.9. The molecule has 0 bridgehead atoms. The van der Waals surface area contributed by atoms with Crippen LogP contribution in [0.4, 0.5) is 0 Å². The fourth-order valence-corrected chi connectivity index (χ4v) is 3.88. The molecule has 0 aliphatic carbocycles. The summed E-state index contributed by atoms with van der Waals surface area (Å²) >= 11 is 0. The summed E-state index contributed by atoms with van der Waals surface area (Å²) in [6.45, 7) is 0.645. The highest BCUT2D eigenvalue weighted by Crippen LogP contribution is 2.25. The van der Waals surface area contributed by atoms with Gasteiger partial charge in [-0.15, -0.1) is 5.10 Å². The Labute approximate surface area is 182 Å². The molecule has 31 heavy (non-hydrogen) atoms. The molecular formula is C25H27N3O3. The van der Waals surface area contributed by atoms with E-state index in [2.05, 4.69) is 22.5 Å². The number of fused-ring (bicyclic) bond motifs is 1. The second-order valence-electron chi connectivity index (χ2n) is 7.90. The molecule has 0 fully saturated rings. The normalized spacial score (nSPS) is 18.3. The first-order valence-electron chi connectivity index (χ1n) is 10.8. The molecule has 1 aromatic heterocycles. The quantitative estimate of drug-likeness (QED) is 0.501. The van der Waals surface area contributed by atoms with Crippen LogP contribution in [0.5, 0.6) is 5.75 Å². The lowest BCUT2D eigenvalue weighted by molar-refractivity contribution is 0.0271. The first kappa shape index (κ1) is 20.8. The van der Waals surface area contributed by atoms with Crippen molar-refractivity contribution >= 4 is 5.97 Å². The number of nitrogens with zero attached hydrogens (tertiary/aromatic N) is 3. The molecule has 1 N–H and O–H groups in total. The third-order valence-electron chi connectivity index (χ3n) is 5.47. The van der Waals surface area contributed by atoms with E-state index in [0.29, 0.717) is 19.4 Å². The van der Waals surface area contributed by atoms with Gasteiger partial charge in [0.05, 0.1) is 12.2 Å². The molecule has 3 aromatic rings. The Hall–Kier alpha value is -3.41. The van der Waals surface area contributed by atoms with E-state index in [9.17, 15) is 9.90 Å². The third kappa shape index (κ3) is 5.60. The van der Waals surface area contributed by atoms with Crippen molar-refractivity contribution in [2.24, 2.45) is 0 Å². The van der Waals surface area contributed by atoms with Crippen LogP contribution in [0, 0.1) is 0 Å². The van der Waals surface area contributed by atoms with E-state index in [1.54, 1.807) is 10.7 Å². The number of benzene rings is 2. The molecule has 6 nitrogen and oxygen atoms in total. The van der Waals surface area contributed by atoms with Crippen LogP contribution in [0.1, 0.15) is 52.9 Å². The number of ether oxygens (including phenoxy) is 1. The van der Waals surface area contributed by atoms with Crippen molar-refractivity contribution in [3.63, 3.8) is 0 Å². The van der Waals surface area contributed by atoms with Crippen molar-refractivity contribution in [3.05, 3.63) is 89.3 Å². The van der Waals surface area contributed by atoms with E-state index in [4.69, 9.17) is 4.74 Å². The summed E-state index contributed by atoms with van der Waals surface area (Å²) in [7, 11) is 0. The smallest absolute Gasteiger partial charge is 0.342 e. The van der Waals surface area contributed by atoms with Crippen LogP contribution in [0.25, 0.3) is 0 Å². The average Bonchev–Trinajstić information content (AvgIpc) is 3.19. The lowest BCUT2D eigenvalue weighted by Gasteiger charge is -2.19. The molecule has 1 aliphatic heterocycles. The summed E-state index contributed by atoms with van der Waals surface area (Å²) in [6, 6.07) is 15.2. The average molecular weight is 418 g/mol. The largest absolute Gasteiger partial charge is 0.507 e. The maximum Gasteiger partial charge on any atom is 0.342 e. The SMILES string of the molecule is O=C1O[C@@H](Cc2cn(Cc3ccccc3)nn2)CCCC/C=C\Cc2cccc(O)c21. The van der Waals surface area contributed by atoms with Gasteiger partial charge in [0.15, 0.2) is 0 Å². The minimum absolute atomic E-state index is 0.0412. The zero-order valence-corrected chi connectivity index (χ0v) is 17.5. The number of phenols is 1. The van der Waals surface area contributed by atoms with Crippen molar-refractivity contribution in [1.82, 2.24) is 15.0 Å². The number of hydrogen-bond donors (Lipinski definition) is 1. The Balaban J connectivity index is 1.49. The number of cyclic esters (lactones) is 1. The lowest BCUT2D eigenvalue weighted by atomic mass is 10.0. The van der Waals surface area contributed by atoms with Crippen molar-refractivity contribution in [3.8, 4) is 5.75 Å². The highest BCUT2D eigenvalue weighted by Gasteiger charge is 2.23. The second kappa shape index (κ2) is 10.1. The molecule has 0 amide bonds. The summed E-state index contributed by atoms with van der Waals surface area (Å²) in [5, 5.41) is 18.8. The molecule has 2 aromatic carbocycles. The number of esters is 1. The predicted octanol–water partition coefficient (Wildman–Crippen LogP) is 4.47. The first-order valence-corrected chi connectivity index (χ1v) is 10.8. The van der Waals surface area contributed by atoms with E-state index in [0.717, 1.165) is 42.5 Å². The molecule has 2 heterocycles. The summed E-state index contributed by atoms with van der Waals surface area (Å²) in [5.41, 5.74) is 2.97. The Morgan fingerprint density at radius 1 is 1.06 bits per heavy atom. The molecule has 1 aliphatic rings. The van der Waals surface area contributed by atoms with Crippen LogP contribution in [0.2, 0.25) is 0 Å². The molecular weight excluding hydrogens is 390 g/mol. The number of carbonyl (C=O) groups excluding carboxylic acids is 1.